The predicted molar refractivity (Wildman–Crippen MR) is 67.2 cm³/mol. The molecule has 1 fully saturated rings. The first kappa shape index (κ1) is 12.2. The van der Waals surface area contributed by atoms with Gasteiger partial charge in [0.1, 0.15) is 5.69 Å². The van der Waals surface area contributed by atoms with E-state index in [0.29, 0.717) is 10.9 Å². The van der Waals surface area contributed by atoms with Gasteiger partial charge in [-0.05, 0) is 12.1 Å². The summed E-state index contributed by atoms with van der Waals surface area (Å²) in [6.07, 6.45) is 0. The SMILES string of the molecule is CC1CN(c2cccc(F)c2[N+](=O)[O-])CCS1. The van der Waals surface area contributed by atoms with E-state index in [0.717, 1.165) is 24.9 Å². The van der Waals surface area contributed by atoms with Crippen LogP contribution in [0.1, 0.15) is 6.92 Å². The third-order valence-corrected chi connectivity index (χ3v) is 3.87. The first-order chi connectivity index (χ1) is 8.09. The second-order valence-electron chi connectivity index (χ2n) is 3.99. The summed E-state index contributed by atoms with van der Waals surface area (Å²) in [4.78, 5) is 12.1. The van der Waals surface area contributed by atoms with Gasteiger partial charge in [0.2, 0.25) is 5.82 Å². The number of halogens is 1. The first-order valence-corrected chi connectivity index (χ1v) is 6.44. The van der Waals surface area contributed by atoms with Gasteiger partial charge in [0, 0.05) is 24.1 Å². The van der Waals surface area contributed by atoms with Crippen LogP contribution in [0.4, 0.5) is 15.8 Å². The van der Waals surface area contributed by atoms with Gasteiger partial charge >= 0.3 is 5.69 Å². The van der Waals surface area contributed by atoms with Crippen LogP contribution in [0.3, 0.4) is 0 Å². The van der Waals surface area contributed by atoms with Crippen LogP contribution < -0.4 is 4.90 Å². The smallest absolute Gasteiger partial charge is 0.327 e. The molecule has 17 heavy (non-hydrogen) atoms. The molecule has 0 aromatic heterocycles. The van der Waals surface area contributed by atoms with E-state index in [-0.39, 0.29) is 0 Å². The summed E-state index contributed by atoms with van der Waals surface area (Å²) in [5.41, 5.74) is -0.0197. The number of nitro groups is 1. The summed E-state index contributed by atoms with van der Waals surface area (Å²) in [5, 5.41) is 11.3. The van der Waals surface area contributed by atoms with Crippen LogP contribution in [0.5, 0.6) is 0 Å². The number of nitrogens with zero attached hydrogens (tertiary/aromatic N) is 2. The van der Waals surface area contributed by atoms with Crippen LogP contribution in [-0.2, 0) is 0 Å². The molecule has 1 aliphatic heterocycles. The average molecular weight is 256 g/mol. The van der Waals surface area contributed by atoms with Gasteiger partial charge in [0.05, 0.1) is 4.92 Å². The number of hydrogen-bond donors (Lipinski definition) is 0. The van der Waals surface area contributed by atoms with Gasteiger partial charge in [-0.1, -0.05) is 13.0 Å². The van der Waals surface area contributed by atoms with Gasteiger partial charge in [-0.3, -0.25) is 10.1 Å². The molecular formula is C11H13FN2O2S. The Morgan fingerprint density at radius 2 is 2.35 bits per heavy atom. The van der Waals surface area contributed by atoms with Gasteiger partial charge in [-0.15, -0.1) is 0 Å². The highest BCUT2D eigenvalue weighted by atomic mass is 32.2. The highest BCUT2D eigenvalue weighted by molar-refractivity contribution is 8.00. The van der Waals surface area contributed by atoms with E-state index in [1.54, 1.807) is 6.07 Å². The van der Waals surface area contributed by atoms with E-state index in [1.165, 1.54) is 6.07 Å². The third-order valence-electron chi connectivity index (χ3n) is 2.73. The Kier molecular flexibility index (Phi) is 3.51. The number of para-hydroxylation sites is 1. The zero-order valence-corrected chi connectivity index (χ0v) is 10.2. The molecule has 2 rings (SSSR count). The molecule has 0 spiro atoms. The van der Waals surface area contributed by atoms with Crippen LogP contribution in [0.25, 0.3) is 0 Å². The lowest BCUT2D eigenvalue weighted by atomic mass is 10.2. The van der Waals surface area contributed by atoms with Crippen molar-refractivity contribution in [2.75, 3.05) is 23.7 Å². The molecule has 6 heteroatoms. The minimum atomic E-state index is -0.765. The monoisotopic (exact) mass is 256 g/mol. The zero-order chi connectivity index (χ0) is 12.4. The molecule has 1 atom stereocenters. The highest BCUT2D eigenvalue weighted by Gasteiger charge is 2.26. The molecule has 0 aliphatic carbocycles. The van der Waals surface area contributed by atoms with Crippen LogP contribution in [-0.4, -0.2) is 29.0 Å². The molecule has 1 aromatic carbocycles. The van der Waals surface area contributed by atoms with E-state index >= 15 is 0 Å². The summed E-state index contributed by atoms with van der Waals surface area (Å²) in [6.45, 7) is 3.51. The molecule has 0 saturated carbocycles. The van der Waals surface area contributed by atoms with Gasteiger partial charge in [-0.2, -0.15) is 16.2 Å². The fourth-order valence-corrected chi connectivity index (χ4v) is 2.99. The Balaban J connectivity index is 2.37. The Labute approximate surface area is 103 Å². The van der Waals surface area contributed by atoms with Gasteiger partial charge in [0.15, 0.2) is 0 Å². The Hall–Kier alpha value is -1.30. The molecule has 0 bridgehead atoms. The van der Waals surface area contributed by atoms with Crippen molar-refractivity contribution in [2.45, 2.75) is 12.2 Å². The van der Waals surface area contributed by atoms with Crippen molar-refractivity contribution in [3.63, 3.8) is 0 Å². The highest BCUT2D eigenvalue weighted by Crippen LogP contribution is 2.33. The Morgan fingerprint density at radius 1 is 1.59 bits per heavy atom. The molecular weight excluding hydrogens is 243 g/mol. The van der Waals surface area contributed by atoms with Crippen molar-refractivity contribution in [3.8, 4) is 0 Å². The fraction of sp³-hybridized carbons (Fsp3) is 0.455. The number of hydrogen-bond acceptors (Lipinski definition) is 4. The lowest BCUT2D eigenvalue weighted by Crippen LogP contribution is -2.37. The summed E-state index contributed by atoms with van der Waals surface area (Å²) in [6, 6.07) is 4.26. The van der Waals surface area contributed by atoms with Crippen molar-refractivity contribution < 1.29 is 9.31 Å². The van der Waals surface area contributed by atoms with E-state index in [1.807, 2.05) is 16.7 Å². The molecule has 1 heterocycles. The molecule has 1 saturated heterocycles. The summed E-state index contributed by atoms with van der Waals surface area (Å²) < 4.78 is 13.5. The van der Waals surface area contributed by atoms with E-state index in [9.17, 15) is 14.5 Å². The standard InChI is InChI=1S/C11H13FN2O2S/c1-8-7-13(5-6-17-8)10-4-2-3-9(12)11(10)14(15)16/h2-4,8H,5-7H2,1H3. The number of anilines is 1. The zero-order valence-electron chi connectivity index (χ0n) is 9.43. The molecule has 0 amide bonds. The molecule has 1 aliphatic rings. The van der Waals surface area contributed by atoms with Crippen molar-refractivity contribution in [1.29, 1.82) is 0 Å². The predicted octanol–water partition coefficient (Wildman–Crippen LogP) is 2.68. The molecule has 1 unspecified atom stereocenters. The van der Waals surface area contributed by atoms with E-state index in [4.69, 9.17) is 0 Å². The summed E-state index contributed by atoms with van der Waals surface area (Å²) >= 11 is 1.83. The molecule has 92 valence electrons. The van der Waals surface area contributed by atoms with E-state index < -0.39 is 16.4 Å². The Morgan fingerprint density at radius 3 is 3.00 bits per heavy atom. The van der Waals surface area contributed by atoms with Crippen molar-refractivity contribution in [1.82, 2.24) is 0 Å². The molecule has 4 nitrogen and oxygen atoms in total. The maximum absolute atomic E-state index is 13.5. The maximum atomic E-state index is 13.5. The normalized spacial score (nSPS) is 20.4. The topological polar surface area (TPSA) is 46.4 Å². The second-order valence-corrected chi connectivity index (χ2v) is 5.54. The van der Waals surface area contributed by atoms with E-state index in [2.05, 4.69) is 6.92 Å². The van der Waals surface area contributed by atoms with Gasteiger partial charge in [0.25, 0.3) is 0 Å². The molecule has 0 N–H and O–H groups in total. The van der Waals surface area contributed by atoms with Gasteiger partial charge < -0.3 is 4.90 Å². The summed E-state index contributed by atoms with van der Waals surface area (Å²) in [5.74, 6) is 0.146. The number of benzene rings is 1. The summed E-state index contributed by atoms with van der Waals surface area (Å²) in [7, 11) is 0. The minimum absolute atomic E-state index is 0.391. The van der Waals surface area contributed by atoms with Gasteiger partial charge in [-0.25, -0.2) is 0 Å². The fourth-order valence-electron chi connectivity index (χ4n) is 1.98. The van der Waals surface area contributed by atoms with Crippen LogP contribution in [0.2, 0.25) is 0 Å². The Bertz CT molecular complexity index is 441. The van der Waals surface area contributed by atoms with Crippen LogP contribution in [0.15, 0.2) is 18.2 Å². The minimum Gasteiger partial charge on any atom is -0.364 e. The average Bonchev–Trinajstić information content (AvgIpc) is 2.28. The third kappa shape index (κ3) is 2.52. The van der Waals surface area contributed by atoms with Crippen molar-refractivity contribution >= 4 is 23.1 Å². The molecule has 0 radical (unpaired) electrons. The lowest BCUT2D eigenvalue weighted by Gasteiger charge is -2.31. The number of rotatable bonds is 2. The largest absolute Gasteiger partial charge is 0.364 e. The van der Waals surface area contributed by atoms with Crippen molar-refractivity contribution in [2.24, 2.45) is 0 Å². The number of nitro benzene ring substituents is 1. The van der Waals surface area contributed by atoms with Crippen LogP contribution in [0, 0.1) is 15.9 Å². The second kappa shape index (κ2) is 4.91. The lowest BCUT2D eigenvalue weighted by molar-refractivity contribution is -0.386. The van der Waals surface area contributed by atoms with Crippen molar-refractivity contribution in [3.05, 3.63) is 34.1 Å². The van der Waals surface area contributed by atoms with Crippen LogP contribution >= 0.6 is 11.8 Å². The first-order valence-electron chi connectivity index (χ1n) is 5.39. The number of thioether (sulfide) groups is 1. The quantitative estimate of drug-likeness (QED) is 0.603. The maximum Gasteiger partial charge on any atom is 0.327 e. The molecule has 1 aromatic rings.